The molecule has 0 atom stereocenters. The van der Waals surface area contributed by atoms with E-state index in [9.17, 15) is 4.79 Å². The summed E-state index contributed by atoms with van der Waals surface area (Å²) in [5.41, 5.74) is 9.01. The van der Waals surface area contributed by atoms with Crippen LogP contribution in [0.25, 0.3) is 11.0 Å². The molecule has 0 aliphatic carbocycles. The third-order valence-electron chi connectivity index (χ3n) is 3.22. The van der Waals surface area contributed by atoms with Gasteiger partial charge in [0.2, 0.25) is 0 Å². The highest BCUT2D eigenvalue weighted by atomic mass is 79.9. The van der Waals surface area contributed by atoms with Crippen molar-refractivity contribution in [3.05, 3.63) is 69.1 Å². The summed E-state index contributed by atoms with van der Waals surface area (Å²) in [6.45, 7) is 0.412. The third kappa shape index (κ3) is 2.20. The lowest BCUT2D eigenvalue weighted by Crippen LogP contribution is -2.21. The van der Waals surface area contributed by atoms with Crippen molar-refractivity contribution in [2.45, 2.75) is 6.54 Å². The lowest BCUT2D eigenvalue weighted by Gasteiger charge is -2.12. The van der Waals surface area contributed by atoms with E-state index in [1.807, 2.05) is 42.5 Å². The van der Waals surface area contributed by atoms with Crippen LogP contribution in [0, 0.1) is 0 Å². The van der Waals surface area contributed by atoms with Crippen LogP contribution in [0.4, 0.5) is 5.69 Å². The van der Waals surface area contributed by atoms with E-state index < -0.39 is 0 Å². The molecular formula is C15H12BrN3O. The second-order valence-electron chi connectivity index (χ2n) is 4.48. The Bertz CT molecular complexity index is 822. The predicted molar refractivity (Wildman–Crippen MR) is 83.7 cm³/mol. The highest BCUT2D eigenvalue weighted by Gasteiger charge is 2.09. The lowest BCUT2D eigenvalue weighted by atomic mass is 10.1. The van der Waals surface area contributed by atoms with Gasteiger partial charge in [-0.05, 0) is 24.3 Å². The molecule has 0 radical (unpaired) electrons. The molecule has 0 bridgehead atoms. The number of hydrogen-bond acceptors (Lipinski definition) is 3. The number of anilines is 1. The van der Waals surface area contributed by atoms with Gasteiger partial charge in [-0.15, -0.1) is 0 Å². The van der Waals surface area contributed by atoms with E-state index in [-0.39, 0.29) is 5.56 Å². The summed E-state index contributed by atoms with van der Waals surface area (Å²) in [5, 5.41) is 0. The zero-order valence-electron chi connectivity index (χ0n) is 10.6. The molecule has 0 spiro atoms. The lowest BCUT2D eigenvalue weighted by molar-refractivity contribution is 0.786. The molecule has 3 rings (SSSR count). The number of hydrogen-bond donors (Lipinski definition) is 1. The summed E-state index contributed by atoms with van der Waals surface area (Å²) in [7, 11) is 0. The molecule has 0 aliphatic rings. The van der Waals surface area contributed by atoms with E-state index in [0.717, 1.165) is 21.1 Å². The SMILES string of the molecule is Nc1cccc(Br)c1Cn1c(=O)cnc2ccccc21. The minimum atomic E-state index is -0.140. The molecule has 0 saturated heterocycles. The Balaban J connectivity index is 2.21. The van der Waals surface area contributed by atoms with Crippen LogP contribution in [0.15, 0.2) is 57.9 Å². The number of rotatable bonds is 2. The highest BCUT2D eigenvalue weighted by molar-refractivity contribution is 9.10. The normalized spacial score (nSPS) is 10.8. The Morgan fingerprint density at radius 2 is 1.95 bits per heavy atom. The number of aromatic nitrogens is 2. The molecule has 20 heavy (non-hydrogen) atoms. The zero-order valence-corrected chi connectivity index (χ0v) is 12.2. The van der Waals surface area contributed by atoms with Gasteiger partial charge in [0.25, 0.3) is 5.56 Å². The third-order valence-corrected chi connectivity index (χ3v) is 3.97. The van der Waals surface area contributed by atoms with Crippen LogP contribution in [0.2, 0.25) is 0 Å². The van der Waals surface area contributed by atoms with Gasteiger partial charge in [0.15, 0.2) is 0 Å². The maximum absolute atomic E-state index is 12.1. The number of nitrogens with zero attached hydrogens (tertiary/aromatic N) is 2. The fourth-order valence-electron chi connectivity index (χ4n) is 2.18. The van der Waals surface area contributed by atoms with Gasteiger partial charge in [-0.2, -0.15) is 0 Å². The van der Waals surface area contributed by atoms with Gasteiger partial charge >= 0.3 is 0 Å². The molecule has 0 fully saturated rings. The molecule has 1 aromatic heterocycles. The van der Waals surface area contributed by atoms with E-state index in [0.29, 0.717) is 12.2 Å². The molecule has 2 N–H and O–H groups in total. The van der Waals surface area contributed by atoms with Crippen molar-refractivity contribution in [1.82, 2.24) is 9.55 Å². The van der Waals surface area contributed by atoms with Crippen molar-refractivity contribution >= 4 is 32.7 Å². The maximum atomic E-state index is 12.1. The van der Waals surface area contributed by atoms with Gasteiger partial charge in [0.05, 0.1) is 23.8 Å². The Morgan fingerprint density at radius 3 is 2.75 bits per heavy atom. The number of fused-ring (bicyclic) bond motifs is 1. The van der Waals surface area contributed by atoms with Crippen LogP contribution >= 0.6 is 15.9 Å². The molecule has 3 aromatic rings. The van der Waals surface area contributed by atoms with Crippen molar-refractivity contribution in [3.63, 3.8) is 0 Å². The summed E-state index contributed by atoms with van der Waals surface area (Å²) in [4.78, 5) is 16.3. The van der Waals surface area contributed by atoms with Crippen molar-refractivity contribution in [2.24, 2.45) is 0 Å². The summed E-state index contributed by atoms with van der Waals surface area (Å²) >= 11 is 3.48. The van der Waals surface area contributed by atoms with Crippen molar-refractivity contribution in [1.29, 1.82) is 0 Å². The van der Waals surface area contributed by atoms with E-state index in [1.54, 1.807) is 4.57 Å². The minimum absolute atomic E-state index is 0.140. The fraction of sp³-hybridized carbons (Fsp3) is 0.0667. The topological polar surface area (TPSA) is 60.9 Å². The molecule has 0 aliphatic heterocycles. The van der Waals surface area contributed by atoms with E-state index >= 15 is 0 Å². The van der Waals surface area contributed by atoms with Gasteiger partial charge in [0.1, 0.15) is 0 Å². The van der Waals surface area contributed by atoms with Crippen LogP contribution < -0.4 is 11.3 Å². The second kappa shape index (κ2) is 5.09. The average Bonchev–Trinajstić information content (AvgIpc) is 2.45. The molecule has 0 saturated carbocycles. The van der Waals surface area contributed by atoms with Crippen molar-refractivity contribution in [2.75, 3.05) is 5.73 Å². The number of benzene rings is 2. The number of halogens is 1. The molecular weight excluding hydrogens is 318 g/mol. The van der Waals surface area contributed by atoms with Gasteiger partial charge in [-0.1, -0.05) is 34.1 Å². The van der Waals surface area contributed by atoms with Crippen LogP contribution in [-0.2, 0) is 6.54 Å². The van der Waals surface area contributed by atoms with Gasteiger partial charge in [-0.25, -0.2) is 4.98 Å². The maximum Gasteiger partial charge on any atom is 0.269 e. The van der Waals surface area contributed by atoms with Crippen LogP contribution in [0.3, 0.4) is 0 Å². The van der Waals surface area contributed by atoms with Crippen molar-refractivity contribution in [3.8, 4) is 0 Å². The van der Waals surface area contributed by atoms with E-state index in [2.05, 4.69) is 20.9 Å². The Labute approximate surface area is 124 Å². The zero-order chi connectivity index (χ0) is 14.1. The minimum Gasteiger partial charge on any atom is -0.398 e. The Hall–Kier alpha value is -2.14. The first kappa shape index (κ1) is 12.9. The second-order valence-corrected chi connectivity index (χ2v) is 5.33. The average molecular weight is 330 g/mol. The number of para-hydroxylation sites is 2. The van der Waals surface area contributed by atoms with Gasteiger partial charge in [0, 0.05) is 15.7 Å². The highest BCUT2D eigenvalue weighted by Crippen LogP contribution is 2.24. The van der Waals surface area contributed by atoms with Gasteiger partial charge < -0.3 is 10.3 Å². The van der Waals surface area contributed by atoms with E-state index in [4.69, 9.17) is 5.73 Å². The summed E-state index contributed by atoms with van der Waals surface area (Å²) in [5.74, 6) is 0. The molecule has 4 nitrogen and oxygen atoms in total. The molecule has 5 heteroatoms. The van der Waals surface area contributed by atoms with Crippen LogP contribution in [0.1, 0.15) is 5.56 Å². The Kier molecular flexibility index (Phi) is 3.28. The molecule has 1 heterocycles. The summed E-state index contributed by atoms with van der Waals surface area (Å²) < 4.78 is 2.57. The van der Waals surface area contributed by atoms with Crippen molar-refractivity contribution < 1.29 is 0 Å². The molecule has 0 amide bonds. The quantitative estimate of drug-likeness (QED) is 0.735. The monoisotopic (exact) mass is 329 g/mol. The summed E-state index contributed by atoms with van der Waals surface area (Å²) in [6, 6.07) is 13.2. The molecule has 0 unspecified atom stereocenters. The number of nitrogen functional groups attached to an aromatic ring is 1. The predicted octanol–water partition coefficient (Wildman–Crippen LogP) is 2.79. The molecule has 100 valence electrons. The first-order valence-corrected chi connectivity index (χ1v) is 6.93. The molecule has 2 aromatic carbocycles. The first-order valence-electron chi connectivity index (χ1n) is 6.14. The largest absolute Gasteiger partial charge is 0.398 e. The standard InChI is InChI=1S/C15H12BrN3O/c16-11-4-3-5-12(17)10(11)9-19-14-7-2-1-6-13(14)18-8-15(19)20/h1-8H,9,17H2. The smallest absolute Gasteiger partial charge is 0.269 e. The van der Waals surface area contributed by atoms with Crippen LogP contribution in [-0.4, -0.2) is 9.55 Å². The van der Waals surface area contributed by atoms with E-state index in [1.165, 1.54) is 6.20 Å². The number of nitrogens with two attached hydrogens (primary N) is 1. The first-order chi connectivity index (χ1) is 9.66. The summed E-state index contributed by atoms with van der Waals surface area (Å²) in [6.07, 6.45) is 1.34. The van der Waals surface area contributed by atoms with Gasteiger partial charge in [-0.3, -0.25) is 4.79 Å². The van der Waals surface area contributed by atoms with Crippen LogP contribution in [0.5, 0.6) is 0 Å². The fourth-order valence-corrected chi connectivity index (χ4v) is 2.69. The Morgan fingerprint density at radius 1 is 1.15 bits per heavy atom.